The highest BCUT2D eigenvalue weighted by Gasteiger charge is 2.36. The third-order valence-electron chi connectivity index (χ3n) is 4.33. The molecular weight excluding hydrogens is 234 g/mol. The van der Waals surface area contributed by atoms with Gasteiger partial charge in [-0.25, -0.2) is 0 Å². The SMILES string of the molecule is CC(=CCl)CN1CCCC1C1CCCCC1O. The second kappa shape index (κ2) is 6.21. The van der Waals surface area contributed by atoms with E-state index in [0.29, 0.717) is 12.0 Å². The van der Waals surface area contributed by atoms with Gasteiger partial charge in [0.25, 0.3) is 0 Å². The summed E-state index contributed by atoms with van der Waals surface area (Å²) in [5, 5.41) is 10.2. The summed E-state index contributed by atoms with van der Waals surface area (Å²) in [6.07, 6.45) is 7.13. The van der Waals surface area contributed by atoms with Crippen molar-refractivity contribution in [1.82, 2.24) is 4.90 Å². The van der Waals surface area contributed by atoms with Crippen LogP contribution in [-0.4, -0.2) is 35.2 Å². The molecule has 1 aliphatic carbocycles. The third-order valence-corrected chi connectivity index (χ3v) is 4.70. The van der Waals surface area contributed by atoms with Crippen molar-refractivity contribution in [3.8, 4) is 0 Å². The van der Waals surface area contributed by atoms with Crippen LogP contribution < -0.4 is 0 Å². The van der Waals surface area contributed by atoms with E-state index in [0.717, 1.165) is 19.5 Å². The van der Waals surface area contributed by atoms with E-state index in [9.17, 15) is 5.11 Å². The molecule has 2 aliphatic rings. The van der Waals surface area contributed by atoms with Crippen molar-refractivity contribution >= 4 is 11.6 Å². The maximum atomic E-state index is 10.2. The summed E-state index contributed by atoms with van der Waals surface area (Å²) in [7, 11) is 0. The highest BCUT2D eigenvalue weighted by molar-refractivity contribution is 6.25. The fraction of sp³-hybridized carbons (Fsp3) is 0.857. The molecule has 17 heavy (non-hydrogen) atoms. The fourth-order valence-corrected chi connectivity index (χ4v) is 3.55. The van der Waals surface area contributed by atoms with Crippen molar-refractivity contribution in [2.45, 2.75) is 57.6 Å². The molecule has 1 heterocycles. The lowest BCUT2D eigenvalue weighted by Crippen LogP contribution is -2.43. The molecule has 0 spiro atoms. The smallest absolute Gasteiger partial charge is 0.0583 e. The predicted octanol–water partition coefficient (Wildman–Crippen LogP) is 3.14. The van der Waals surface area contributed by atoms with Gasteiger partial charge in [-0.2, -0.15) is 0 Å². The first-order chi connectivity index (χ1) is 8.22. The van der Waals surface area contributed by atoms with Crippen molar-refractivity contribution in [3.05, 3.63) is 11.1 Å². The zero-order chi connectivity index (χ0) is 12.3. The number of halogens is 1. The molecule has 0 aromatic heterocycles. The molecule has 2 fully saturated rings. The first-order valence-electron chi connectivity index (χ1n) is 6.90. The molecule has 0 bridgehead atoms. The van der Waals surface area contributed by atoms with E-state index in [1.54, 1.807) is 5.54 Å². The van der Waals surface area contributed by atoms with Crippen molar-refractivity contribution in [2.24, 2.45) is 5.92 Å². The van der Waals surface area contributed by atoms with Crippen LogP contribution >= 0.6 is 11.6 Å². The molecule has 3 heteroatoms. The van der Waals surface area contributed by atoms with Crippen LogP contribution in [0.15, 0.2) is 11.1 Å². The van der Waals surface area contributed by atoms with E-state index in [-0.39, 0.29) is 6.10 Å². The Labute approximate surface area is 110 Å². The molecule has 0 aromatic rings. The standard InChI is InChI=1S/C14H24ClNO/c1-11(9-15)10-16-8-4-6-13(16)12-5-2-3-7-14(12)17/h9,12-14,17H,2-8,10H2,1H3. The lowest BCUT2D eigenvalue weighted by Gasteiger charge is -2.37. The number of likely N-dealkylation sites (tertiary alicyclic amines) is 1. The Balaban J connectivity index is 1.98. The largest absolute Gasteiger partial charge is 0.393 e. The summed E-state index contributed by atoms with van der Waals surface area (Å²) < 4.78 is 0. The van der Waals surface area contributed by atoms with Crippen LogP contribution in [0.4, 0.5) is 0 Å². The van der Waals surface area contributed by atoms with Gasteiger partial charge in [0.05, 0.1) is 6.10 Å². The van der Waals surface area contributed by atoms with Crippen LogP contribution in [0.25, 0.3) is 0 Å². The molecule has 2 rings (SSSR count). The number of hydrogen-bond donors (Lipinski definition) is 1. The maximum Gasteiger partial charge on any atom is 0.0583 e. The van der Waals surface area contributed by atoms with Gasteiger partial charge in [-0.05, 0) is 44.7 Å². The van der Waals surface area contributed by atoms with Crippen molar-refractivity contribution < 1.29 is 5.11 Å². The van der Waals surface area contributed by atoms with E-state index in [2.05, 4.69) is 11.8 Å². The van der Waals surface area contributed by atoms with Crippen LogP contribution in [0.2, 0.25) is 0 Å². The summed E-state index contributed by atoms with van der Waals surface area (Å²) in [5.74, 6) is 0.495. The van der Waals surface area contributed by atoms with E-state index < -0.39 is 0 Å². The van der Waals surface area contributed by atoms with E-state index >= 15 is 0 Å². The summed E-state index contributed by atoms with van der Waals surface area (Å²) in [5.41, 5.74) is 2.91. The van der Waals surface area contributed by atoms with Crippen molar-refractivity contribution in [2.75, 3.05) is 13.1 Å². The van der Waals surface area contributed by atoms with Gasteiger partial charge >= 0.3 is 0 Å². The number of nitrogens with zero attached hydrogens (tertiary/aromatic N) is 1. The average Bonchev–Trinajstić information content (AvgIpc) is 2.77. The predicted molar refractivity (Wildman–Crippen MR) is 72.2 cm³/mol. The highest BCUT2D eigenvalue weighted by Crippen LogP contribution is 2.34. The van der Waals surface area contributed by atoms with Crippen LogP contribution in [0, 0.1) is 5.92 Å². The molecule has 2 nitrogen and oxygen atoms in total. The second-order valence-electron chi connectivity index (χ2n) is 5.65. The van der Waals surface area contributed by atoms with Crippen molar-refractivity contribution in [3.63, 3.8) is 0 Å². The number of hydrogen-bond acceptors (Lipinski definition) is 2. The molecule has 98 valence electrons. The molecule has 0 radical (unpaired) electrons. The molecule has 1 saturated heterocycles. The molecular formula is C14H24ClNO. The Morgan fingerprint density at radius 1 is 1.29 bits per heavy atom. The molecule has 1 N–H and O–H groups in total. The lowest BCUT2D eigenvalue weighted by atomic mass is 9.80. The normalized spacial score (nSPS) is 36.4. The highest BCUT2D eigenvalue weighted by atomic mass is 35.5. The summed E-state index contributed by atoms with van der Waals surface area (Å²) >= 11 is 5.75. The van der Waals surface area contributed by atoms with Gasteiger partial charge < -0.3 is 5.11 Å². The fourth-order valence-electron chi connectivity index (χ4n) is 3.48. The zero-order valence-corrected chi connectivity index (χ0v) is 11.5. The Kier molecular flexibility index (Phi) is 4.89. The van der Waals surface area contributed by atoms with Crippen LogP contribution in [0.3, 0.4) is 0 Å². The monoisotopic (exact) mass is 257 g/mol. The average molecular weight is 258 g/mol. The Morgan fingerprint density at radius 2 is 2.06 bits per heavy atom. The first kappa shape index (κ1) is 13.4. The van der Waals surface area contributed by atoms with Gasteiger partial charge in [-0.1, -0.05) is 24.4 Å². The van der Waals surface area contributed by atoms with Crippen LogP contribution in [0.5, 0.6) is 0 Å². The second-order valence-corrected chi connectivity index (χ2v) is 5.87. The maximum absolute atomic E-state index is 10.2. The van der Waals surface area contributed by atoms with Gasteiger partial charge in [0.15, 0.2) is 0 Å². The zero-order valence-electron chi connectivity index (χ0n) is 10.7. The summed E-state index contributed by atoms with van der Waals surface area (Å²) in [6.45, 7) is 4.22. The van der Waals surface area contributed by atoms with E-state index in [4.69, 9.17) is 11.6 Å². The Hall–Kier alpha value is -0.0500. The third kappa shape index (κ3) is 3.24. The summed E-state index contributed by atoms with van der Waals surface area (Å²) in [6, 6.07) is 0.580. The summed E-state index contributed by atoms with van der Waals surface area (Å²) in [4.78, 5) is 2.52. The molecule has 0 amide bonds. The molecule has 3 unspecified atom stereocenters. The van der Waals surface area contributed by atoms with Crippen LogP contribution in [-0.2, 0) is 0 Å². The molecule has 3 atom stereocenters. The first-order valence-corrected chi connectivity index (χ1v) is 7.34. The van der Waals surface area contributed by atoms with E-state index in [1.165, 1.54) is 37.7 Å². The van der Waals surface area contributed by atoms with Crippen molar-refractivity contribution in [1.29, 1.82) is 0 Å². The molecule has 0 aromatic carbocycles. The number of aliphatic hydroxyl groups is 1. The van der Waals surface area contributed by atoms with Gasteiger partial charge in [0.2, 0.25) is 0 Å². The van der Waals surface area contributed by atoms with Gasteiger partial charge in [-0.15, -0.1) is 0 Å². The van der Waals surface area contributed by atoms with Crippen LogP contribution in [0.1, 0.15) is 45.4 Å². The van der Waals surface area contributed by atoms with Gasteiger partial charge in [0.1, 0.15) is 0 Å². The lowest BCUT2D eigenvalue weighted by molar-refractivity contribution is 0.0244. The number of rotatable bonds is 3. The molecule has 1 aliphatic heterocycles. The minimum Gasteiger partial charge on any atom is -0.393 e. The Morgan fingerprint density at radius 3 is 2.76 bits per heavy atom. The Bertz CT molecular complexity index is 279. The minimum absolute atomic E-state index is 0.0744. The van der Waals surface area contributed by atoms with E-state index in [1.807, 2.05) is 0 Å². The van der Waals surface area contributed by atoms with Gasteiger partial charge in [-0.3, -0.25) is 4.90 Å². The molecule has 1 saturated carbocycles. The van der Waals surface area contributed by atoms with Gasteiger partial charge in [0, 0.05) is 24.0 Å². The number of aliphatic hydroxyl groups excluding tert-OH is 1. The minimum atomic E-state index is -0.0744. The quantitative estimate of drug-likeness (QED) is 0.840. The topological polar surface area (TPSA) is 23.5 Å².